The summed E-state index contributed by atoms with van der Waals surface area (Å²) in [6, 6.07) is 4.16. The molecule has 0 aliphatic rings. The van der Waals surface area contributed by atoms with E-state index in [9.17, 15) is 14.0 Å². The van der Waals surface area contributed by atoms with Crippen LogP contribution >= 0.6 is 0 Å². The Hall–Kier alpha value is -3.36. The van der Waals surface area contributed by atoms with Crippen LogP contribution in [0.5, 0.6) is 5.75 Å². The summed E-state index contributed by atoms with van der Waals surface area (Å²) in [5, 5.41) is 5.22. The van der Waals surface area contributed by atoms with Crippen LogP contribution in [0.15, 0.2) is 41.2 Å². The van der Waals surface area contributed by atoms with Gasteiger partial charge in [-0.3, -0.25) is 5.32 Å². The van der Waals surface area contributed by atoms with Gasteiger partial charge in [-0.15, -0.1) is 0 Å². The van der Waals surface area contributed by atoms with E-state index in [1.165, 1.54) is 19.2 Å². The van der Waals surface area contributed by atoms with E-state index >= 15 is 0 Å². The Morgan fingerprint density at radius 1 is 1.24 bits per heavy atom. The molecular formula is C25H36FN3O5. The minimum atomic E-state index is -0.694. The van der Waals surface area contributed by atoms with Crippen LogP contribution in [0.1, 0.15) is 53.5 Å². The van der Waals surface area contributed by atoms with Crippen LogP contribution in [-0.4, -0.2) is 44.3 Å². The van der Waals surface area contributed by atoms with Crippen LogP contribution in [0.2, 0.25) is 0 Å². The number of ether oxygens (including phenoxy) is 3. The van der Waals surface area contributed by atoms with Crippen LogP contribution in [0.4, 0.5) is 14.0 Å². The minimum absolute atomic E-state index is 0.0534. The van der Waals surface area contributed by atoms with E-state index in [4.69, 9.17) is 9.47 Å². The molecule has 0 saturated carbocycles. The largest absolute Gasteiger partial charge is 0.488 e. The molecule has 0 aliphatic heterocycles. The number of methoxy groups -OCH3 is 1. The molecule has 1 aromatic rings. The highest BCUT2D eigenvalue weighted by Gasteiger charge is 2.21. The van der Waals surface area contributed by atoms with Gasteiger partial charge in [-0.05, 0) is 76.1 Å². The van der Waals surface area contributed by atoms with Gasteiger partial charge in [-0.2, -0.15) is 0 Å². The van der Waals surface area contributed by atoms with Crippen LogP contribution < -0.4 is 15.4 Å². The lowest BCUT2D eigenvalue weighted by atomic mass is 10.0. The zero-order valence-corrected chi connectivity index (χ0v) is 21.0. The second kappa shape index (κ2) is 13.4. The first-order valence-corrected chi connectivity index (χ1v) is 11.0. The molecule has 0 bridgehead atoms. The van der Waals surface area contributed by atoms with Gasteiger partial charge < -0.3 is 19.5 Å². The molecule has 0 radical (unpaired) electrons. The number of alkyl carbamates (subject to hydrolysis) is 2. The molecule has 1 atom stereocenters. The van der Waals surface area contributed by atoms with Crippen LogP contribution in [-0.2, 0) is 9.47 Å². The standard InChI is InChI=1S/C25H36FN3O5/c1-9-17(14-22(27-7)29-23(30)32-8)18-10-11-21(20(26)13-18)33-15-19(12-16(2)3)28-24(31)34-25(4,5)6/h9-11,13-14,16,19H,7,12,15H2,1-6,8H3,(H,28,31)(H,29,30)/b17-9+,22-14+/t19-/m0/s1. The number of hydrogen-bond donors (Lipinski definition) is 2. The van der Waals surface area contributed by atoms with Crippen LogP contribution in [0.25, 0.3) is 5.57 Å². The van der Waals surface area contributed by atoms with Gasteiger partial charge in [0.25, 0.3) is 0 Å². The fourth-order valence-corrected chi connectivity index (χ4v) is 2.96. The van der Waals surface area contributed by atoms with Crippen LogP contribution in [0.3, 0.4) is 0 Å². The van der Waals surface area contributed by atoms with E-state index in [0.29, 0.717) is 17.6 Å². The summed E-state index contributed by atoms with van der Waals surface area (Å²) < 4.78 is 30.4. The maximum absolute atomic E-state index is 14.8. The predicted octanol–water partition coefficient (Wildman–Crippen LogP) is 5.45. The highest BCUT2D eigenvalue weighted by Crippen LogP contribution is 2.25. The Kier molecular flexibility index (Phi) is 11.3. The molecule has 0 fully saturated rings. The van der Waals surface area contributed by atoms with Crippen molar-refractivity contribution in [1.29, 1.82) is 0 Å². The lowest BCUT2D eigenvalue weighted by Crippen LogP contribution is -2.42. The number of benzene rings is 1. The number of amides is 2. The van der Waals surface area contributed by atoms with Gasteiger partial charge >= 0.3 is 12.2 Å². The molecule has 9 heteroatoms. The van der Waals surface area contributed by atoms with Crippen molar-refractivity contribution < 1.29 is 28.2 Å². The van der Waals surface area contributed by atoms with Crippen molar-refractivity contribution in [3.05, 3.63) is 47.6 Å². The van der Waals surface area contributed by atoms with Crippen molar-refractivity contribution in [2.45, 2.75) is 59.6 Å². The monoisotopic (exact) mass is 477 g/mol. The molecule has 0 aromatic heterocycles. The smallest absolute Gasteiger partial charge is 0.412 e. The third-order valence-electron chi connectivity index (χ3n) is 4.37. The van der Waals surface area contributed by atoms with E-state index in [1.54, 1.807) is 45.9 Å². The average Bonchev–Trinajstić information content (AvgIpc) is 2.73. The summed E-state index contributed by atoms with van der Waals surface area (Å²) >= 11 is 0. The Balaban J connectivity index is 2.96. The molecule has 34 heavy (non-hydrogen) atoms. The van der Waals surface area contributed by atoms with Crippen molar-refractivity contribution in [2.75, 3.05) is 13.7 Å². The number of rotatable bonds is 10. The lowest BCUT2D eigenvalue weighted by molar-refractivity contribution is 0.0479. The Morgan fingerprint density at radius 3 is 2.41 bits per heavy atom. The Morgan fingerprint density at radius 2 is 1.91 bits per heavy atom. The molecule has 188 valence electrons. The number of aliphatic imine (C=N–C) groups is 1. The second-order valence-corrected chi connectivity index (χ2v) is 8.98. The number of allylic oxidation sites excluding steroid dienone is 3. The first-order chi connectivity index (χ1) is 15.9. The summed E-state index contributed by atoms with van der Waals surface area (Å²) in [5.41, 5.74) is 0.529. The first-order valence-electron chi connectivity index (χ1n) is 11.0. The molecule has 0 saturated heterocycles. The van der Waals surface area contributed by atoms with E-state index in [-0.39, 0.29) is 30.1 Å². The zero-order valence-electron chi connectivity index (χ0n) is 21.0. The quantitative estimate of drug-likeness (QED) is 0.345. The molecule has 1 aromatic carbocycles. The third-order valence-corrected chi connectivity index (χ3v) is 4.37. The van der Waals surface area contributed by atoms with Gasteiger partial charge in [0.15, 0.2) is 11.6 Å². The maximum atomic E-state index is 14.8. The van der Waals surface area contributed by atoms with Crippen molar-refractivity contribution in [3.63, 3.8) is 0 Å². The van der Waals surface area contributed by atoms with Gasteiger partial charge in [-0.25, -0.2) is 19.0 Å². The normalized spacial score (nSPS) is 13.2. The van der Waals surface area contributed by atoms with Crippen molar-refractivity contribution in [3.8, 4) is 5.75 Å². The van der Waals surface area contributed by atoms with Gasteiger partial charge in [0.05, 0.1) is 13.2 Å². The second-order valence-electron chi connectivity index (χ2n) is 8.98. The fraction of sp³-hybridized carbons (Fsp3) is 0.480. The SMILES string of the molecule is C=N/C(=C\C(=C/C)c1ccc(OC[C@H](CC(C)C)NC(=O)OC(C)(C)C)c(F)c1)NC(=O)OC. The summed E-state index contributed by atoms with van der Waals surface area (Å²) in [6.07, 6.45) is 2.68. The van der Waals surface area contributed by atoms with Crippen molar-refractivity contribution >= 4 is 24.5 Å². The molecule has 1 rings (SSSR count). The molecule has 0 unspecified atom stereocenters. The summed E-state index contributed by atoms with van der Waals surface area (Å²) in [6.45, 7) is 14.7. The fourth-order valence-electron chi connectivity index (χ4n) is 2.96. The Bertz CT molecular complexity index is 920. The van der Waals surface area contributed by atoms with Gasteiger partial charge in [0.2, 0.25) is 0 Å². The van der Waals surface area contributed by atoms with Gasteiger partial charge in [0.1, 0.15) is 18.0 Å². The number of nitrogens with one attached hydrogen (secondary N) is 2. The third kappa shape index (κ3) is 10.5. The van der Waals surface area contributed by atoms with Crippen LogP contribution in [0, 0.1) is 11.7 Å². The molecule has 2 N–H and O–H groups in total. The molecule has 0 heterocycles. The topological polar surface area (TPSA) is 98.3 Å². The summed E-state index contributed by atoms with van der Waals surface area (Å²) in [5.74, 6) is -0.0750. The number of hydrogen-bond acceptors (Lipinski definition) is 6. The van der Waals surface area contributed by atoms with Crippen molar-refractivity contribution in [1.82, 2.24) is 10.6 Å². The van der Waals surface area contributed by atoms with Gasteiger partial charge in [0, 0.05) is 0 Å². The first kappa shape index (κ1) is 28.7. The molecule has 8 nitrogen and oxygen atoms in total. The predicted molar refractivity (Wildman–Crippen MR) is 131 cm³/mol. The minimum Gasteiger partial charge on any atom is -0.488 e. The Labute approximate surface area is 201 Å². The maximum Gasteiger partial charge on any atom is 0.412 e. The number of nitrogens with zero attached hydrogens (tertiary/aromatic N) is 1. The molecular weight excluding hydrogens is 441 g/mol. The average molecular weight is 478 g/mol. The lowest BCUT2D eigenvalue weighted by Gasteiger charge is -2.25. The van der Waals surface area contributed by atoms with E-state index in [1.807, 2.05) is 13.8 Å². The van der Waals surface area contributed by atoms with E-state index < -0.39 is 23.6 Å². The summed E-state index contributed by atoms with van der Waals surface area (Å²) in [7, 11) is 1.23. The highest BCUT2D eigenvalue weighted by atomic mass is 19.1. The number of carbonyl (C=O) groups excluding carboxylic acids is 2. The van der Waals surface area contributed by atoms with Crippen molar-refractivity contribution in [2.24, 2.45) is 10.9 Å². The number of halogens is 1. The molecule has 2 amide bonds. The van der Waals surface area contributed by atoms with E-state index in [2.05, 4.69) is 27.1 Å². The zero-order chi connectivity index (χ0) is 25.9. The molecule has 0 aliphatic carbocycles. The van der Waals surface area contributed by atoms with E-state index in [0.717, 1.165) is 0 Å². The van der Waals surface area contributed by atoms with Gasteiger partial charge in [-0.1, -0.05) is 26.0 Å². The number of carbonyl (C=O) groups is 2. The summed E-state index contributed by atoms with van der Waals surface area (Å²) in [4.78, 5) is 27.3. The molecule has 0 spiro atoms. The highest BCUT2D eigenvalue weighted by molar-refractivity contribution is 5.77.